The van der Waals surface area contributed by atoms with Crippen LogP contribution in [0.2, 0.25) is 5.02 Å². The van der Waals surface area contributed by atoms with Crippen molar-refractivity contribution in [2.75, 3.05) is 16.0 Å². The number of hydrogen-bond acceptors (Lipinski definition) is 32. The first-order valence-electron chi connectivity index (χ1n) is 35.0. The summed E-state index contributed by atoms with van der Waals surface area (Å²) < 4.78 is 36.8. The first kappa shape index (κ1) is 112. The van der Waals surface area contributed by atoms with E-state index in [9.17, 15) is 118 Å². The second kappa shape index (κ2) is 57.1. The van der Waals surface area contributed by atoms with Gasteiger partial charge in [0.15, 0.2) is 0 Å². The fourth-order valence-electron chi connectivity index (χ4n) is 7.67. The number of carbonyl (C=O) groups excluding carboxylic acids is 16. The van der Waals surface area contributed by atoms with Gasteiger partial charge in [0.05, 0.1) is 59.2 Å². The normalized spacial score (nSPS) is 10.7. The minimum Gasteiger partial charge on any atom is -0.545 e. The number of rotatable bonds is 28. The van der Waals surface area contributed by atoms with Crippen molar-refractivity contribution in [1.29, 1.82) is 0 Å². The Morgan fingerprint density at radius 3 is 0.920 bits per heavy atom. The zero-order valence-corrected chi connectivity index (χ0v) is 79.9. The zero-order valence-electron chi connectivity index (χ0n) is 66.5. The van der Waals surface area contributed by atoms with Crippen LogP contribution in [-0.4, -0.2) is 134 Å². The molecule has 0 saturated carbocycles. The molecule has 0 amide bonds. The van der Waals surface area contributed by atoms with E-state index in [0.717, 1.165) is 16.7 Å². The van der Waals surface area contributed by atoms with E-state index in [4.69, 9.17) is 49.5 Å². The topological polar surface area (TPSA) is 531 Å². The lowest BCUT2D eigenvalue weighted by Crippen LogP contribution is -2.30. The first-order valence-corrected chi connectivity index (χ1v) is 43.0. The minimum absolute atomic E-state index is 0.00282. The molecule has 0 heterocycles. The smallest absolute Gasteiger partial charge is 0.327 e. The van der Waals surface area contributed by atoms with E-state index < -0.39 is 95.4 Å². The molecule has 2 atom stereocenters. The molecule has 0 N–H and O–H groups in total. The number of alkyl halides is 8. The maximum atomic E-state index is 11.5. The minimum atomic E-state index is -1.38. The number of carboxylic acid groups (broad SMARTS) is 8. The van der Waals surface area contributed by atoms with Gasteiger partial charge in [-0.3, -0.25) is 38.4 Å². The SMILES string of the molecule is CC(Br)C(=O)OCc1ccc(C(=O)[O-])cc1.CC(Br)C(=O)Oc1ccccc1C(=O)[O-].CC(C)(Br)C(=O)OCc1ccc(C(=O)[O-])cc1.CC(C)(Br)C(=O)Oc1ccc(C(=O)[O-])c(Cl)c1.CC(C)(Br)C(=O)Oc1ccccc1C(=O)[O-].O=C(CBr)OCc1ccc(C(=O)[O-])cc1.O=C(CBr)Oc1ccccc1C(=O)[O-].O=C(CCBr)Oc1ccccc1C(=O)[O-]. The van der Waals surface area contributed by atoms with Crippen molar-refractivity contribution in [3.05, 3.63) is 254 Å². The summed E-state index contributed by atoms with van der Waals surface area (Å²) in [6.07, 6.45) is 0.182. The van der Waals surface area contributed by atoms with Gasteiger partial charge in [-0.15, -0.1) is 0 Å². The Morgan fingerprint density at radius 1 is 0.328 bits per heavy atom. The quantitative estimate of drug-likeness (QED) is 0.0200. The molecule has 8 rings (SSSR count). The summed E-state index contributed by atoms with van der Waals surface area (Å²) >= 11 is 30.2. The summed E-state index contributed by atoms with van der Waals surface area (Å²) in [5, 5.41) is 85.2. The van der Waals surface area contributed by atoms with Crippen LogP contribution in [-0.2, 0) is 72.4 Å². The largest absolute Gasteiger partial charge is 0.545 e. The van der Waals surface area contributed by atoms with Crippen molar-refractivity contribution in [3.63, 3.8) is 0 Å². The van der Waals surface area contributed by atoms with Gasteiger partial charge >= 0.3 is 47.8 Å². The number of aromatic carboxylic acids is 8. The third-order valence-corrected chi connectivity index (χ3v) is 17.3. The standard InChI is InChI=1S/C12H13BrO4.C11H10BrClO4.2C11H11BrO4.3C10H9BrO4.C9H7BrO4/c1-12(2,13)11(16)17-7-8-3-5-9(6-4-8)10(14)15;1-11(2,12)10(16)17-6-3-4-7(9(14)15)8(13)5-6;1-11(2,12)10(15)16-8-6-4-3-5-7(8)9(13)14;1-7(12)11(15)16-6-8-2-4-9(5-3-8)10(13)14;1-6(11)10(14)15-8-5-3-2-4-7(8)9(12)13;11-5-9(12)15-6-7-1-3-8(4-2-7)10(13)14;11-6-5-9(12)15-8-4-2-1-3-7(8)10(13)14;10-5-8(11)14-7-4-2-1-3-6(7)9(12)13/h3-6H,7H2,1-2H3,(H,14,15);3-5H,1-2H3,(H,14,15);3-6H,1-2H3,(H,13,14);2-5,7H,6H2,1H3,(H,13,14);2-6H,1H3,(H,12,13);2*1-4H,5-6H2,(H,13,14);1-4H,5H2,(H,12,13)/p-8. The predicted molar refractivity (Wildman–Crippen MR) is 461 cm³/mol. The van der Waals surface area contributed by atoms with Gasteiger partial charge in [-0.05, 0) is 149 Å². The Labute approximate surface area is 786 Å². The number of benzene rings is 8. The van der Waals surface area contributed by atoms with Gasteiger partial charge in [0, 0.05) is 39.2 Å². The maximum absolute atomic E-state index is 11.5. The van der Waals surface area contributed by atoms with Gasteiger partial charge in [-0.1, -0.05) is 260 Å². The third kappa shape index (κ3) is 45.2. The Morgan fingerprint density at radius 2 is 0.624 bits per heavy atom. The molecule has 0 saturated heterocycles. The van der Waals surface area contributed by atoms with Crippen molar-refractivity contribution in [2.45, 2.75) is 104 Å². The van der Waals surface area contributed by atoms with E-state index in [1.807, 2.05) is 0 Å². The van der Waals surface area contributed by atoms with Crippen molar-refractivity contribution in [1.82, 2.24) is 0 Å². The average molecular weight is 2270 g/mol. The molecule has 2 unspecified atom stereocenters. The molecule has 0 radical (unpaired) electrons. The Kier molecular flexibility index (Phi) is 51.4. The van der Waals surface area contributed by atoms with Crippen molar-refractivity contribution >= 4 is 235 Å². The lowest BCUT2D eigenvalue weighted by Gasteiger charge is -2.16. The summed E-state index contributed by atoms with van der Waals surface area (Å²) in [6.45, 7) is 13.5. The number of carboxylic acids is 8. The monoisotopic (exact) mass is 2260 g/mol. The van der Waals surface area contributed by atoms with Gasteiger partial charge in [0.25, 0.3) is 0 Å². The molecular weight excluding hydrogens is 2200 g/mol. The summed E-state index contributed by atoms with van der Waals surface area (Å²) in [5.41, 5.74) is 1.79. The van der Waals surface area contributed by atoms with Crippen LogP contribution in [0.25, 0.3) is 0 Å². The van der Waals surface area contributed by atoms with Crippen LogP contribution >= 0.6 is 139 Å². The fraction of sp³-hybridized carbons (Fsp3) is 0.238. The Hall–Kier alpha value is -10.6. The van der Waals surface area contributed by atoms with Gasteiger partial charge in [0.1, 0.15) is 81.9 Å². The van der Waals surface area contributed by atoms with Crippen LogP contribution in [0.5, 0.6) is 28.7 Å². The highest BCUT2D eigenvalue weighted by Crippen LogP contribution is 2.28. The average Bonchev–Trinajstić information content (AvgIpc) is 0.894. The third-order valence-electron chi connectivity index (χ3n) is 14.0. The van der Waals surface area contributed by atoms with Gasteiger partial charge in [0.2, 0.25) is 0 Å². The number of halogens is 9. The summed E-state index contributed by atoms with van der Waals surface area (Å²) in [6, 6.07) is 45.1. The molecule has 0 fully saturated rings. The van der Waals surface area contributed by atoms with Crippen molar-refractivity contribution < 1.29 is 155 Å². The van der Waals surface area contributed by atoms with E-state index in [1.54, 1.807) is 116 Å². The Bertz CT molecular complexity index is 5040. The lowest BCUT2D eigenvalue weighted by molar-refractivity contribution is -0.256. The van der Waals surface area contributed by atoms with Crippen molar-refractivity contribution in [2.24, 2.45) is 0 Å². The zero-order chi connectivity index (χ0) is 95.2. The number of esters is 8. The molecule has 670 valence electrons. The lowest BCUT2D eigenvalue weighted by atomic mass is 10.1. The number of para-hydroxylation sites is 4. The van der Waals surface area contributed by atoms with E-state index >= 15 is 0 Å². The first-order chi connectivity index (χ1) is 58.3. The van der Waals surface area contributed by atoms with E-state index in [0.29, 0.717) is 5.33 Å². The molecule has 0 spiro atoms. The van der Waals surface area contributed by atoms with Gasteiger partial charge in [-0.25, -0.2) is 0 Å². The van der Waals surface area contributed by atoms with Gasteiger partial charge < -0.3 is 117 Å². The molecule has 0 aliphatic carbocycles. The summed E-state index contributed by atoms with van der Waals surface area (Å²) in [7, 11) is 0. The van der Waals surface area contributed by atoms with Crippen LogP contribution < -0.4 is 64.5 Å². The van der Waals surface area contributed by atoms with Crippen molar-refractivity contribution in [3.8, 4) is 28.7 Å². The molecule has 41 heteroatoms. The highest BCUT2D eigenvalue weighted by molar-refractivity contribution is 9.11. The molecule has 8 aromatic rings. The molecule has 0 aromatic heterocycles. The van der Waals surface area contributed by atoms with E-state index in [2.05, 4.69) is 127 Å². The second-order valence-electron chi connectivity index (χ2n) is 25.4. The van der Waals surface area contributed by atoms with Crippen LogP contribution in [0.15, 0.2) is 188 Å². The second-order valence-corrected chi connectivity index (χ2v) is 36.4. The van der Waals surface area contributed by atoms with Crippen LogP contribution in [0.3, 0.4) is 0 Å². The fourth-order valence-corrected chi connectivity index (χ4v) is 9.01. The molecule has 0 aliphatic rings. The van der Waals surface area contributed by atoms with Gasteiger partial charge in [-0.2, -0.15) is 0 Å². The van der Waals surface area contributed by atoms with E-state index in [-0.39, 0.29) is 138 Å². The maximum Gasteiger partial charge on any atom is 0.327 e. The van der Waals surface area contributed by atoms with Crippen LogP contribution in [0.4, 0.5) is 0 Å². The highest BCUT2D eigenvalue weighted by Gasteiger charge is 2.29. The number of carbonyl (C=O) groups is 16. The van der Waals surface area contributed by atoms with Crippen LogP contribution in [0, 0.1) is 0 Å². The van der Waals surface area contributed by atoms with Crippen LogP contribution in [0.1, 0.15) is 161 Å². The molecule has 8 aromatic carbocycles. The molecule has 125 heavy (non-hydrogen) atoms. The molecule has 32 nitrogen and oxygen atoms in total. The van der Waals surface area contributed by atoms with E-state index in [1.165, 1.54) is 127 Å². The molecule has 0 bridgehead atoms. The summed E-state index contributed by atoms with van der Waals surface area (Å²) in [4.78, 5) is 173. The number of ether oxygens (including phenoxy) is 8. The predicted octanol–water partition coefficient (Wildman–Crippen LogP) is 7.37. The number of hydrogen-bond donors (Lipinski definition) is 0. The molecule has 0 aliphatic heterocycles. The summed E-state index contributed by atoms with van der Waals surface area (Å²) in [5.74, 6) is -14.1. The highest BCUT2D eigenvalue weighted by atomic mass is 79.9. The molecular formula is C84H71Br8ClO32-8. The Balaban J connectivity index is 0.000000715.